The van der Waals surface area contributed by atoms with Crippen LogP contribution in [0.4, 0.5) is 10.1 Å². The number of halogens is 2. The number of amides is 2. The monoisotopic (exact) mass is 455 g/mol. The van der Waals surface area contributed by atoms with Crippen molar-refractivity contribution < 1.29 is 14.0 Å². The lowest BCUT2D eigenvalue weighted by Crippen LogP contribution is -2.39. The highest BCUT2D eigenvalue weighted by Gasteiger charge is 2.38. The minimum Gasteiger partial charge on any atom is -0.350 e. The molecule has 0 bridgehead atoms. The second kappa shape index (κ2) is 8.70. The summed E-state index contributed by atoms with van der Waals surface area (Å²) in [6.45, 7) is 6.11. The number of H-pyrrole nitrogens is 1. The molecule has 0 unspecified atom stereocenters. The van der Waals surface area contributed by atoms with E-state index >= 15 is 0 Å². The molecule has 1 aliphatic heterocycles. The Morgan fingerprint density at radius 2 is 1.91 bits per heavy atom. The van der Waals surface area contributed by atoms with E-state index < -0.39 is 5.82 Å². The van der Waals surface area contributed by atoms with E-state index in [1.807, 2.05) is 26.8 Å². The quantitative estimate of drug-likeness (QED) is 0.611. The van der Waals surface area contributed by atoms with E-state index in [4.69, 9.17) is 11.6 Å². The Labute approximate surface area is 190 Å². The van der Waals surface area contributed by atoms with E-state index in [-0.39, 0.29) is 28.8 Å². The van der Waals surface area contributed by atoms with Gasteiger partial charge in [0.1, 0.15) is 17.8 Å². The summed E-state index contributed by atoms with van der Waals surface area (Å²) in [5.74, 6) is -1.33. The van der Waals surface area contributed by atoms with Gasteiger partial charge in [-0.05, 0) is 57.5 Å². The second-order valence-electron chi connectivity index (χ2n) is 7.96. The first-order valence-corrected chi connectivity index (χ1v) is 10.7. The molecule has 166 valence electrons. The first-order valence-electron chi connectivity index (χ1n) is 10.3. The zero-order valence-electron chi connectivity index (χ0n) is 17.9. The highest BCUT2D eigenvalue weighted by atomic mass is 35.5. The first kappa shape index (κ1) is 22.0. The van der Waals surface area contributed by atoms with Crippen LogP contribution in [0.3, 0.4) is 0 Å². The third kappa shape index (κ3) is 4.10. The summed E-state index contributed by atoms with van der Waals surface area (Å²) < 4.78 is 13.4. The third-order valence-electron chi connectivity index (χ3n) is 5.95. The summed E-state index contributed by atoms with van der Waals surface area (Å²) in [4.78, 5) is 39.3. The van der Waals surface area contributed by atoms with Crippen LogP contribution < -0.4 is 5.32 Å². The zero-order valence-corrected chi connectivity index (χ0v) is 18.7. The summed E-state index contributed by atoms with van der Waals surface area (Å²) in [6.07, 6.45) is 2.05. The Bertz CT molecular complexity index is 1170. The summed E-state index contributed by atoms with van der Waals surface area (Å²) in [6, 6.07) is 7.32. The minimum atomic E-state index is -0.548. The van der Waals surface area contributed by atoms with Crippen molar-refractivity contribution in [1.29, 1.82) is 0 Å². The molecule has 0 saturated carbocycles. The van der Waals surface area contributed by atoms with Crippen LogP contribution >= 0.6 is 11.6 Å². The SMILES string of the molecule is Cc1ncnc(C)c1-c1ccc(C(=O)N2CC[C@H](C(=O)Nc3ccc(F)c(Cl)c3)[C@@H]2C)[nH]1. The highest BCUT2D eigenvalue weighted by Crippen LogP contribution is 2.29. The average molecular weight is 456 g/mol. The lowest BCUT2D eigenvalue weighted by molar-refractivity contribution is -0.120. The van der Waals surface area contributed by atoms with Crippen molar-refractivity contribution >= 4 is 29.1 Å². The average Bonchev–Trinajstić information content (AvgIpc) is 3.37. The van der Waals surface area contributed by atoms with Gasteiger partial charge < -0.3 is 15.2 Å². The number of anilines is 1. The van der Waals surface area contributed by atoms with Gasteiger partial charge in [-0.2, -0.15) is 0 Å². The number of rotatable bonds is 4. The molecule has 1 aliphatic rings. The maximum atomic E-state index is 13.4. The molecule has 2 atom stereocenters. The van der Waals surface area contributed by atoms with Crippen LogP contribution in [0.1, 0.15) is 35.2 Å². The number of carbonyl (C=O) groups excluding carboxylic acids is 2. The number of likely N-dealkylation sites (tertiary alicyclic amines) is 1. The van der Waals surface area contributed by atoms with Crippen molar-refractivity contribution in [2.24, 2.45) is 5.92 Å². The van der Waals surface area contributed by atoms with Gasteiger partial charge in [0.05, 0.1) is 22.3 Å². The van der Waals surface area contributed by atoms with Crippen molar-refractivity contribution in [2.45, 2.75) is 33.2 Å². The maximum Gasteiger partial charge on any atom is 0.270 e. The fourth-order valence-electron chi connectivity index (χ4n) is 4.19. The summed E-state index contributed by atoms with van der Waals surface area (Å²) in [5.41, 5.74) is 4.16. The molecule has 9 heteroatoms. The van der Waals surface area contributed by atoms with E-state index in [2.05, 4.69) is 20.3 Å². The lowest BCUT2D eigenvalue weighted by Gasteiger charge is -2.24. The maximum absolute atomic E-state index is 13.4. The molecule has 32 heavy (non-hydrogen) atoms. The van der Waals surface area contributed by atoms with Crippen LogP contribution in [-0.4, -0.2) is 44.3 Å². The topological polar surface area (TPSA) is 91.0 Å². The van der Waals surface area contributed by atoms with E-state index in [1.54, 1.807) is 11.0 Å². The van der Waals surface area contributed by atoms with E-state index in [0.29, 0.717) is 24.3 Å². The molecule has 0 aliphatic carbocycles. The number of benzene rings is 1. The van der Waals surface area contributed by atoms with Gasteiger partial charge in [-0.1, -0.05) is 11.6 Å². The Morgan fingerprint density at radius 1 is 1.19 bits per heavy atom. The lowest BCUT2D eigenvalue weighted by atomic mass is 10.0. The molecule has 2 N–H and O–H groups in total. The van der Waals surface area contributed by atoms with Crippen LogP contribution in [0.25, 0.3) is 11.3 Å². The van der Waals surface area contributed by atoms with Gasteiger partial charge in [-0.3, -0.25) is 9.59 Å². The molecule has 1 fully saturated rings. The Morgan fingerprint density at radius 3 is 2.59 bits per heavy atom. The Hall–Kier alpha value is -3.26. The van der Waals surface area contributed by atoms with E-state index in [0.717, 1.165) is 22.6 Å². The number of aromatic nitrogens is 3. The number of aromatic amines is 1. The van der Waals surface area contributed by atoms with Crippen molar-refractivity contribution in [2.75, 3.05) is 11.9 Å². The van der Waals surface area contributed by atoms with Crippen molar-refractivity contribution in [3.63, 3.8) is 0 Å². The van der Waals surface area contributed by atoms with Crippen LogP contribution in [0.15, 0.2) is 36.7 Å². The van der Waals surface area contributed by atoms with Gasteiger partial charge in [0.15, 0.2) is 0 Å². The van der Waals surface area contributed by atoms with Crippen molar-refractivity contribution in [3.8, 4) is 11.3 Å². The number of nitrogens with one attached hydrogen (secondary N) is 2. The molecule has 2 aromatic heterocycles. The molecule has 3 heterocycles. The molecule has 0 spiro atoms. The summed E-state index contributed by atoms with van der Waals surface area (Å²) in [5, 5.41) is 2.71. The molecule has 1 saturated heterocycles. The van der Waals surface area contributed by atoms with Crippen molar-refractivity contribution in [3.05, 3.63) is 64.6 Å². The molecule has 3 aromatic rings. The largest absolute Gasteiger partial charge is 0.350 e. The molecule has 7 nitrogen and oxygen atoms in total. The van der Waals surface area contributed by atoms with Gasteiger partial charge in [0.2, 0.25) is 5.91 Å². The number of hydrogen-bond acceptors (Lipinski definition) is 4. The predicted molar refractivity (Wildman–Crippen MR) is 120 cm³/mol. The normalized spacial score (nSPS) is 18.1. The second-order valence-corrected chi connectivity index (χ2v) is 8.36. The fraction of sp³-hybridized carbons (Fsp3) is 0.304. The minimum absolute atomic E-state index is 0.0593. The smallest absolute Gasteiger partial charge is 0.270 e. The first-order chi connectivity index (χ1) is 15.3. The Balaban J connectivity index is 1.47. The number of hydrogen-bond donors (Lipinski definition) is 2. The van der Waals surface area contributed by atoms with Gasteiger partial charge >= 0.3 is 0 Å². The van der Waals surface area contributed by atoms with Gasteiger partial charge in [0.25, 0.3) is 5.91 Å². The molecule has 4 rings (SSSR count). The van der Waals surface area contributed by atoms with Crippen LogP contribution in [0, 0.1) is 25.6 Å². The Kier molecular flexibility index (Phi) is 5.97. The van der Waals surface area contributed by atoms with Crippen LogP contribution in [0.2, 0.25) is 5.02 Å². The number of carbonyl (C=O) groups is 2. The fourth-order valence-corrected chi connectivity index (χ4v) is 4.37. The van der Waals surface area contributed by atoms with Crippen LogP contribution in [-0.2, 0) is 4.79 Å². The summed E-state index contributed by atoms with van der Waals surface area (Å²) >= 11 is 5.79. The summed E-state index contributed by atoms with van der Waals surface area (Å²) in [7, 11) is 0. The molecule has 1 aromatic carbocycles. The molecular formula is C23H23ClFN5O2. The molecule has 2 amide bonds. The van der Waals surface area contributed by atoms with Crippen molar-refractivity contribution in [1.82, 2.24) is 19.9 Å². The number of aryl methyl sites for hydroxylation is 2. The molecular weight excluding hydrogens is 433 g/mol. The highest BCUT2D eigenvalue weighted by molar-refractivity contribution is 6.31. The van der Waals surface area contributed by atoms with Crippen LogP contribution in [0.5, 0.6) is 0 Å². The number of nitrogens with zero attached hydrogens (tertiary/aromatic N) is 3. The zero-order chi connectivity index (χ0) is 23.0. The predicted octanol–water partition coefficient (Wildman–Crippen LogP) is 4.37. The molecule has 0 radical (unpaired) electrons. The van der Waals surface area contributed by atoms with E-state index in [1.165, 1.54) is 24.5 Å². The van der Waals surface area contributed by atoms with E-state index in [9.17, 15) is 14.0 Å². The third-order valence-corrected chi connectivity index (χ3v) is 6.24. The standard InChI is InChI=1S/C23H23ClFN5O2/c1-12-21(13(2)27-11-26-12)19-6-7-20(29-19)23(32)30-9-8-16(14(30)3)22(31)28-15-4-5-18(25)17(24)10-15/h4-7,10-11,14,16,29H,8-9H2,1-3H3,(H,28,31)/t14-,16-/m0/s1. The van der Waals surface area contributed by atoms with Gasteiger partial charge in [-0.25, -0.2) is 14.4 Å². The van der Waals surface area contributed by atoms with Gasteiger partial charge in [0, 0.05) is 29.5 Å². The van der Waals surface area contributed by atoms with Gasteiger partial charge in [-0.15, -0.1) is 0 Å².